The second-order valence-electron chi connectivity index (χ2n) is 6.04. The van der Waals surface area contributed by atoms with Gasteiger partial charge in [0, 0.05) is 28.8 Å². The lowest BCUT2D eigenvalue weighted by atomic mass is 10.1. The molecule has 1 aromatic heterocycles. The van der Waals surface area contributed by atoms with E-state index in [1.807, 2.05) is 30.3 Å². The van der Waals surface area contributed by atoms with Crippen LogP contribution in [0.5, 0.6) is 0 Å². The van der Waals surface area contributed by atoms with Crippen LogP contribution in [0.1, 0.15) is 5.56 Å². The van der Waals surface area contributed by atoms with Gasteiger partial charge in [-0.2, -0.15) is 5.26 Å². The molecule has 0 atom stereocenters. The summed E-state index contributed by atoms with van der Waals surface area (Å²) in [7, 11) is 0. The quantitative estimate of drug-likeness (QED) is 0.409. The van der Waals surface area contributed by atoms with Crippen LogP contribution in [0.15, 0.2) is 72.8 Å². The molecule has 134 valence electrons. The van der Waals surface area contributed by atoms with E-state index in [1.54, 1.807) is 30.3 Å². The Morgan fingerprint density at radius 3 is 2.54 bits per heavy atom. The number of non-ortho nitro benzene ring substituents is 1. The van der Waals surface area contributed by atoms with Crippen LogP contribution in [0.25, 0.3) is 22.3 Å². The summed E-state index contributed by atoms with van der Waals surface area (Å²) in [5.74, 6) is 0.934. The molecule has 3 aromatic carbocycles. The summed E-state index contributed by atoms with van der Waals surface area (Å²) in [5.41, 5.74) is 2.52. The summed E-state index contributed by atoms with van der Waals surface area (Å²) in [6, 6.07) is 23.0. The molecule has 4 aromatic rings. The molecule has 1 N–H and O–H groups in total. The van der Waals surface area contributed by atoms with Gasteiger partial charge < -0.3 is 5.32 Å². The first-order valence-corrected chi connectivity index (χ1v) is 8.43. The third kappa shape index (κ3) is 3.34. The van der Waals surface area contributed by atoms with Crippen LogP contribution in [0, 0.1) is 21.4 Å². The highest BCUT2D eigenvalue weighted by Crippen LogP contribution is 2.30. The summed E-state index contributed by atoms with van der Waals surface area (Å²) in [4.78, 5) is 19.9. The Kier molecular flexibility index (Phi) is 4.36. The minimum atomic E-state index is -0.454. The SMILES string of the molecule is N#Cc1cccc(Nc2nc(-c3ccccc3)nc3ccc([N+](=O)[O-])cc23)c1. The zero-order chi connectivity index (χ0) is 19.5. The van der Waals surface area contributed by atoms with E-state index < -0.39 is 4.92 Å². The lowest BCUT2D eigenvalue weighted by Gasteiger charge is -2.11. The van der Waals surface area contributed by atoms with Crippen molar-refractivity contribution >= 4 is 28.1 Å². The standard InChI is InChI=1S/C21H13N5O2/c22-13-14-5-4-8-16(11-14)23-21-18-12-17(26(27)28)9-10-19(18)24-20(25-21)15-6-2-1-3-7-15/h1-12H,(H,23,24,25). The van der Waals surface area contributed by atoms with Gasteiger partial charge >= 0.3 is 0 Å². The van der Waals surface area contributed by atoms with Crippen molar-refractivity contribution in [2.75, 3.05) is 5.32 Å². The van der Waals surface area contributed by atoms with Gasteiger partial charge in [0.2, 0.25) is 0 Å². The van der Waals surface area contributed by atoms with Crippen LogP contribution in [-0.2, 0) is 0 Å². The molecule has 1 heterocycles. The lowest BCUT2D eigenvalue weighted by Crippen LogP contribution is -2.00. The first-order chi connectivity index (χ1) is 13.6. The molecule has 0 spiro atoms. The van der Waals surface area contributed by atoms with Gasteiger partial charge in [0.05, 0.1) is 22.1 Å². The largest absolute Gasteiger partial charge is 0.340 e. The fourth-order valence-corrected chi connectivity index (χ4v) is 2.84. The van der Waals surface area contributed by atoms with Gasteiger partial charge in [0.1, 0.15) is 5.82 Å². The molecule has 0 aliphatic rings. The molecule has 0 fully saturated rings. The smallest absolute Gasteiger partial charge is 0.270 e. The third-order valence-corrected chi connectivity index (χ3v) is 4.18. The Labute approximate surface area is 160 Å². The van der Waals surface area contributed by atoms with Crippen molar-refractivity contribution in [3.8, 4) is 17.5 Å². The molecule has 7 heteroatoms. The number of nitro benzene ring substituents is 1. The van der Waals surface area contributed by atoms with Gasteiger partial charge in [-0.1, -0.05) is 36.4 Å². The molecule has 0 bridgehead atoms. The van der Waals surface area contributed by atoms with Gasteiger partial charge in [0.25, 0.3) is 5.69 Å². The fourth-order valence-electron chi connectivity index (χ4n) is 2.84. The van der Waals surface area contributed by atoms with Crippen molar-refractivity contribution in [1.82, 2.24) is 9.97 Å². The van der Waals surface area contributed by atoms with Gasteiger partial charge in [0.15, 0.2) is 5.82 Å². The topological polar surface area (TPSA) is 105 Å². The minimum Gasteiger partial charge on any atom is -0.340 e. The number of hydrogen-bond donors (Lipinski definition) is 1. The summed E-state index contributed by atoms with van der Waals surface area (Å²) < 4.78 is 0. The van der Waals surface area contributed by atoms with E-state index in [1.165, 1.54) is 12.1 Å². The zero-order valence-corrected chi connectivity index (χ0v) is 14.5. The molecular formula is C21H13N5O2. The molecule has 0 saturated carbocycles. The van der Waals surface area contributed by atoms with Crippen molar-refractivity contribution in [1.29, 1.82) is 5.26 Å². The molecular weight excluding hydrogens is 354 g/mol. The highest BCUT2D eigenvalue weighted by Gasteiger charge is 2.14. The molecule has 7 nitrogen and oxygen atoms in total. The summed E-state index contributed by atoms with van der Waals surface area (Å²) in [5, 5.41) is 24.0. The molecule has 4 rings (SSSR count). The van der Waals surface area contributed by atoms with Crippen LogP contribution in [0.4, 0.5) is 17.2 Å². The summed E-state index contributed by atoms with van der Waals surface area (Å²) >= 11 is 0. The maximum atomic E-state index is 11.2. The second-order valence-corrected chi connectivity index (χ2v) is 6.04. The molecule has 0 aliphatic heterocycles. The number of anilines is 2. The number of benzene rings is 3. The maximum absolute atomic E-state index is 11.2. The van der Waals surface area contributed by atoms with Crippen molar-refractivity contribution in [2.24, 2.45) is 0 Å². The van der Waals surface area contributed by atoms with Crippen molar-refractivity contribution in [3.05, 3.63) is 88.5 Å². The fraction of sp³-hybridized carbons (Fsp3) is 0. The number of nitrogens with zero attached hydrogens (tertiary/aromatic N) is 4. The number of nitrogens with one attached hydrogen (secondary N) is 1. The Bertz CT molecular complexity index is 1230. The predicted octanol–water partition coefficient (Wildman–Crippen LogP) is 4.82. The van der Waals surface area contributed by atoms with E-state index >= 15 is 0 Å². The molecule has 0 unspecified atom stereocenters. The molecule has 0 amide bonds. The first-order valence-electron chi connectivity index (χ1n) is 8.43. The van der Waals surface area contributed by atoms with Crippen LogP contribution < -0.4 is 5.32 Å². The van der Waals surface area contributed by atoms with Crippen LogP contribution >= 0.6 is 0 Å². The monoisotopic (exact) mass is 367 g/mol. The normalized spacial score (nSPS) is 10.4. The number of rotatable bonds is 4. The molecule has 0 radical (unpaired) electrons. The number of nitro groups is 1. The van der Waals surface area contributed by atoms with Gasteiger partial charge in [-0.05, 0) is 24.3 Å². The van der Waals surface area contributed by atoms with Crippen molar-refractivity contribution in [2.45, 2.75) is 0 Å². The van der Waals surface area contributed by atoms with Crippen LogP contribution in [-0.4, -0.2) is 14.9 Å². The Morgan fingerprint density at radius 1 is 0.964 bits per heavy atom. The average Bonchev–Trinajstić information content (AvgIpc) is 2.74. The van der Waals surface area contributed by atoms with Crippen LogP contribution in [0.2, 0.25) is 0 Å². The molecule has 0 aliphatic carbocycles. The first kappa shape index (κ1) is 17.1. The van der Waals surface area contributed by atoms with Gasteiger partial charge in [-0.25, -0.2) is 9.97 Å². The van der Waals surface area contributed by atoms with Gasteiger partial charge in [-0.3, -0.25) is 10.1 Å². The van der Waals surface area contributed by atoms with E-state index in [4.69, 9.17) is 5.26 Å². The van der Waals surface area contributed by atoms with E-state index in [9.17, 15) is 10.1 Å². The van der Waals surface area contributed by atoms with Crippen molar-refractivity contribution in [3.63, 3.8) is 0 Å². The van der Waals surface area contributed by atoms with E-state index in [0.717, 1.165) is 5.56 Å². The van der Waals surface area contributed by atoms with Gasteiger partial charge in [-0.15, -0.1) is 0 Å². The summed E-state index contributed by atoms with van der Waals surface area (Å²) in [6.45, 7) is 0. The zero-order valence-electron chi connectivity index (χ0n) is 14.5. The Hall–Kier alpha value is -4.31. The summed E-state index contributed by atoms with van der Waals surface area (Å²) in [6.07, 6.45) is 0. The van der Waals surface area contributed by atoms with E-state index in [-0.39, 0.29) is 5.69 Å². The third-order valence-electron chi connectivity index (χ3n) is 4.18. The second kappa shape index (κ2) is 7.13. The number of aromatic nitrogens is 2. The number of nitriles is 1. The number of hydrogen-bond acceptors (Lipinski definition) is 6. The minimum absolute atomic E-state index is 0.0441. The predicted molar refractivity (Wildman–Crippen MR) is 106 cm³/mol. The maximum Gasteiger partial charge on any atom is 0.270 e. The number of fused-ring (bicyclic) bond motifs is 1. The molecule has 0 saturated heterocycles. The highest BCUT2D eigenvalue weighted by molar-refractivity contribution is 5.93. The lowest BCUT2D eigenvalue weighted by molar-refractivity contribution is -0.384. The van der Waals surface area contributed by atoms with Crippen molar-refractivity contribution < 1.29 is 4.92 Å². The Balaban J connectivity index is 1.90. The Morgan fingerprint density at radius 2 is 1.79 bits per heavy atom. The highest BCUT2D eigenvalue weighted by atomic mass is 16.6. The van der Waals surface area contributed by atoms with E-state index in [2.05, 4.69) is 21.4 Å². The van der Waals surface area contributed by atoms with Crippen LogP contribution in [0.3, 0.4) is 0 Å². The average molecular weight is 367 g/mol. The molecule has 28 heavy (non-hydrogen) atoms. The van der Waals surface area contributed by atoms with E-state index in [0.29, 0.717) is 33.8 Å².